The van der Waals surface area contributed by atoms with Crippen molar-refractivity contribution in [2.75, 3.05) is 20.3 Å². The molecule has 0 bridgehead atoms. The van der Waals surface area contributed by atoms with Gasteiger partial charge < -0.3 is 15.4 Å². The molecular weight excluding hydrogens is 252 g/mol. The second-order valence-electron chi connectivity index (χ2n) is 5.25. The summed E-state index contributed by atoms with van der Waals surface area (Å²) in [6.45, 7) is 5.12. The standard InChI is InChI=1S/C16H26N2O2/c1-13(2)18(11-12-20-3)16(19)15(17)10-9-14-7-5-4-6-8-14/h4-8,13,15H,9-12,17H2,1-3H3/t15-/m0/s1. The predicted octanol–water partition coefficient (Wildman–Crippen LogP) is 1.83. The summed E-state index contributed by atoms with van der Waals surface area (Å²) in [5.41, 5.74) is 7.26. The average molecular weight is 278 g/mol. The zero-order valence-electron chi connectivity index (χ0n) is 12.7. The Labute approximate surface area is 121 Å². The van der Waals surface area contributed by atoms with E-state index in [2.05, 4.69) is 12.1 Å². The summed E-state index contributed by atoms with van der Waals surface area (Å²) >= 11 is 0. The summed E-state index contributed by atoms with van der Waals surface area (Å²) in [6.07, 6.45) is 1.49. The third-order valence-electron chi connectivity index (χ3n) is 3.35. The fourth-order valence-corrected chi connectivity index (χ4v) is 2.12. The van der Waals surface area contributed by atoms with Crippen molar-refractivity contribution < 1.29 is 9.53 Å². The smallest absolute Gasteiger partial charge is 0.239 e. The number of methoxy groups -OCH3 is 1. The summed E-state index contributed by atoms with van der Waals surface area (Å²) in [6, 6.07) is 9.79. The Kier molecular flexibility index (Phi) is 7.26. The van der Waals surface area contributed by atoms with E-state index in [1.807, 2.05) is 32.0 Å². The number of carbonyl (C=O) groups is 1. The number of carbonyl (C=O) groups excluding carboxylic acids is 1. The maximum atomic E-state index is 12.4. The van der Waals surface area contributed by atoms with Gasteiger partial charge in [-0.3, -0.25) is 4.79 Å². The molecule has 0 spiro atoms. The number of benzene rings is 1. The number of amides is 1. The minimum absolute atomic E-state index is 0.00739. The lowest BCUT2D eigenvalue weighted by Gasteiger charge is -2.29. The highest BCUT2D eigenvalue weighted by Gasteiger charge is 2.22. The molecule has 1 rings (SSSR count). The van der Waals surface area contributed by atoms with Crippen molar-refractivity contribution in [1.29, 1.82) is 0 Å². The van der Waals surface area contributed by atoms with Gasteiger partial charge in [0.05, 0.1) is 12.6 Å². The lowest BCUT2D eigenvalue weighted by Crippen LogP contribution is -2.48. The van der Waals surface area contributed by atoms with Crippen LogP contribution in [0, 0.1) is 0 Å². The van der Waals surface area contributed by atoms with Crippen LogP contribution in [0.2, 0.25) is 0 Å². The molecule has 0 heterocycles. The Morgan fingerprint density at radius 2 is 1.95 bits per heavy atom. The molecule has 1 aromatic rings. The minimum atomic E-state index is -0.450. The third-order valence-corrected chi connectivity index (χ3v) is 3.35. The van der Waals surface area contributed by atoms with Gasteiger partial charge in [-0.15, -0.1) is 0 Å². The molecule has 4 heteroatoms. The van der Waals surface area contributed by atoms with Crippen molar-refractivity contribution in [3.63, 3.8) is 0 Å². The van der Waals surface area contributed by atoms with Crippen LogP contribution in [-0.4, -0.2) is 43.2 Å². The van der Waals surface area contributed by atoms with Gasteiger partial charge in [0.1, 0.15) is 0 Å². The van der Waals surface area contributed by atoms with Gasteiger partial charge in [-0.1, -0.05) is 30.3 Å². The third kappa shape index (κ3) is 5.31. The Balaban J connectivity index is 2.51. The first-order valence-electron chi connectivity index (χ1n) is 7.15. The van der Waals surface area contributed by atoms with Crippen molar-refractivity contribution in [2.24, 2.45) is 5.73 Å². The topological polar surface area (TPSA) is 55.6 Å². The number of aryl methyl sites for hydroxylation is 1. The van der Waals surface area contributed by atoms with E-state index in [0.717, 1.165) is 6.42 Å². The van der Waals surface area contributed by atoms with Crippen LogP contribution in [0.3, 0.4) is 0 Å². The summed E-state index contributed by atoms with van der Waals surface area (Å²) in [5.74, 6) is 0.00739. The van der Waals surface area contributed by atoms with Crippen LogP contribution in [0.4, 0.5) is 0 Å². The maximum Gasteiger partial charge on any atom is 0.239 e. The highest BCUT2D eigenvalue weighted by atomic mass is 16.5. The van der Waals surface area contributed by atoms with E-state index < -0.39 is 6.04 Å². The second kappa shape index (κ2) is 8.72. The molecule has 4 nitrogen and oxygen atoms in total. The molecule has 0 aliphatic rings. The van der Waals surface area contributed by atoms with E-state index in [1.54, 1.807) is 12.0 Å². The SMILES string of the molecule is COCCN(C(=O)[C@@H](N)CCc1ccccc1)C(C)C. The van der Waals surface area contributed by atoms with Crippen molar-refractivity contribution >= 4 is 5.91 Å². The zero-order chi connectivity index (χ0) is 15.0. The van der Waals surface area contributed by atoms with E-state index >= 15 is 0 Å². The molecule has 0 saturated carbocycles. The van der Waals surface area contributed by atoms with Gasteiger partial charge in [-0.2, -0.15) is 0 Å². The molecule has 1 amide bonds. The molecule has 0 radical (unpaired) electrons. The molecule has 0 fully saturated rings. The van der Waals surface area contributed by atoms with E-state index in [9.17, 15) is 4.79 Å². The largest absolute Gasteiger partial charge is 0.383 e. The first-order valence-corrected chi connectivity index (χ1v) is 7.15. The van der Waals surface area contributed by atoms with E-state index in [-0.39, 0.29) is 11.9 Å². The molecule has 1 atom stereocenters. The number of hydrogen-bond donors (Lipinski definition) is 1. The molecular formula is C16H26N2O2. The van der Waals surface area contributed by atoms with Crippen LogP contribution in [0.5, 0.6) is 0 Å². The number of hydrogen-bond acceptors (Lipinski definition) is 3. The van der Waals surface area contributed by atoms with Gasteiger partial charge in [-0.05, 0) is 32.3 Å². The molecule has 0 aliphatic heterocycles. The summed E-state index contributed by atoms with van der Waals surface area (Å²) in [4.78, 5) is 14.1. The van der Waals surface area contributed by atoms with Crippen molar-refractivity contribution in [1.82, 2.24) is 4.90 Å². The number of nitrogens with two attached hydrogens (primary N) is 1. The Hall–Kier alpha value is -1.39. The van der Waals surface area contributed by atoms with Gasteiger partial charge in [0.2, 0.25) is 5.91 Å². The summed E-state index contributed by atoms with van der Waals surface area (Å²) in [5, 5.41) is 0. The first kappa shape index (κ1) is 16.7. The average Bonchev–Trinajstić information content (AvgIpc) is 2.45. The van der Waals surface area contributed by atoms with Crippen LogP contribution in [0.15, 0.2) is 30.3 Å². The maximum absolute atomic E-state index is 12.4. The Morgan fingerprint density at radius 3 is 2.50 bits per heavy atom. The fourth-order valence-electron chi connectivity index (χ4n) is 2.12. The normalized spacial score (nSPS) is 12.4. The van der Waals surface area contributed by atoms with Gasteiger partial charge >= 0.3 is 0 Å². The number of nitrogens with zero attached hydrogens (tertiary/aromatic N) is 1. The van der Waals surface area contributed by atoms with Gasteiger partial charge in [-0.25, -0.2) is 0 Å². The van der Waals surface area contributed by atoms with Crippen molar-refractivity contribution in [3.05, 3.63) is 35.9 Å². The van der Waals surface area contributed by atoms with Gasteiger partial charge in [0, 0.05) is 19.7 Å². The first-order chi connectivity index (χ1) is 9.56. The fraction of sp³-hybridized carbons (Fsp3) is 0.562. The second-order valence-corrected chi connectivity index (χ2v) is 5.25. The van der Waals surface area contributed by atoms with Crippen LogP contribution in [0.1, 0.15) is 25.8 Å². The van der Waals surface area contributed by atoms with Crippen molar-refractivity contribution in [3.8, 4) is 0 Å². The lowest BCUT2D eigenvalue weighted by atomic mass is 10.0. The quantitative estimate of drug-likeness (QED) is 0.789. The van der Waals surface area contributed by atoms with Crippen molar-refractivity contribution in [2.45, 2.75) is 38.8 Å². The molecule has 0 unspecified atom stereocenters. The van der Waals surface area contributed by atoms with E-state index in [1.165, 1.54) is 5.56 Å². The van der Waals surface area contributed by atoms with Crippen LogP contribution in [0.25, 0.3) is 0 Å². The van der Waals surface area contributed by atoms with Gasteiger partial charge in [0.25, 0.3) is 0 Å². The molecule has 2 N–H and O–H groups in total. The highest BCUT2D eigenvalue weighted by Crippen LogP contribution is 2.08. The number of rotatable bonds is 8. The molecule has 112 valence electrons. The van der Waals surface area contributed by atoms with Crippen LogP contribution in [-0.2, 0) is 16.0 Å². The van der Waals surface area contributed by atoms with E-state index in [4.69, 9.17) is 10.5 Å². The zero-order valence-corrected chi connectivity index (χ0v) is 12.7. The summed E-state index contributed by atoms with van der Waals surface area (Å²) in [7, 11) is 1.64. The molecule has 20 heavy (non-hydrogen) atoms. The highest BCUT2D eigenvalue weighted by molar-refractivity contribution is 5.81. The summed E-state index contributed by atoms with van der Waals surface area (Å²) < 4.78 is 5.05. The molecule has 0 aliphatic carbocycles. The molecule has 1 aromatic carbocycles. The predicted molar refractivity (Wildman–Crippen MR) is 81.5 cm³/mol. The Morgan fingerprint density at radius 1 is 1.30 bits per heavy atom. The molecule has 0 aromatic heterocycles. The minimum Gasteiger partial charge on any atom is -0.383 e. The van der Waals surface area contributed by atoms with E-state index in [0.29, 0.717) is 19.6 Å². The van der Waals surface area contributed by atoms with Crippen LogP contribution < -0.4 is 5.73 Å². The lowest BCUT2D eigenvalue weighted by molar-refractivity contribution is -0.135. The molecule has 0 saturated heterocycles. The van der Waals surface area contributed by atoms with Crippen LogP contribution >= 0.6 is 0 Å². The monoisotopic (exact) mass is 278 g/mol. The number of ether oxygens (including phenoxy) is 1. The van der Waals surface area contributed by atoms with Gasteiger partial charge in [0.15, 0.2) is 0 Å². The Bertz CT molecular complexity index is 393.